The molecular weight excluding hydrogens is 474 g/mol. The van der Waals surface area contributed by atoms with Gasteiger partial charge in [0.15, 0.2) is 0 Å². The van der Waals surface area contributed by atoms with Gasteiger partial charge in [-0.25, -0.2) is 4.98 Å². The van der Waals surface area contributed by atoms with Gasteiger partial charge in [-0.2, -0.15) is 0 Å². The summed E-state index contributed by atoms with van der Waals surface area (Å²) >= 11 is 3.20. The maximum Gasteiger partial charge on any atom is 0.250 e. The van der Waals surface area contributed by atoms with Gasteiger partial charge in [0.1, 0.15) is 5.01 Å². The van der Waals surface area contributed by atoms with Crippen molar-refractivity contribution in [3.63, 3.8) is 0 Å². The molecule has 0 radical (unpaired) electrons. The Balaban J connectivity index is 1.24. The summed E-state index contributed by atoms with van der Waals surface area (Å²) in [5.74, 6) is -0.0361. The zero-order chi connectivity index (χ0) is 24.0. The number of carbonyl (C=O) groups excluding carboxylic acids is 1. The predicted octanol–water partition coefficient (Wildman–Crippen LogP) is 5.61. The van der Waals surface area contributed by atoms with Gasteiger partial charge in [0.25, 0.3) is 5.56 Å². The van der Waals surface area contributed by atoms with Crippen LogP contribution in [0.25, 0.3) is 21.1 Å². The van der Waals surface area contributed by atoms with Crippen LogP contribution in [-0.2, 0) is 24.3 Å². The maximum atomic E-state index is 12.8. The molecule has 0 bridgehead atoms. The summed E-state index contributed by atoms with van der Waals surface area (Å²) in [6, 6.07) is 27.2. The van der Waals surface area contributed by atoms with Gasteiger partial charge >= 0.3 is 0 Å². The van der Waals surface area contributed by atoms with Crippen LogP contribution in [0.5, 0.6) is 0 Å². The van der Waals surface area contributed by atoms with Crippen molar-refractivity contribution in [3.05, 3.63) is 123 Å². The number of pyridine rings is 1. The Morgan fingerprint density at radius 3 is 2.40 bits per heavy atom. The minimum Gasteiger partial charge on any atom is -0.352 e. The topological polar surface area (TPSA) is 64.0 Å². The molecule has 1 amide bonds. The first-order valence-corrected chi connectivity index (χ1v) is 12.9. The van der Waals surface area contributed by atoms with Crippen molar-refractivity contribution < 1.29 is 4.79 Å². The van der Waals surface area contributed by atoms with Crippen molar-refractivity contribution in [2.45, 2.75) is 19.5 Å². The predicted molar refractivity (Wildman–Crippen MR) is 143 cm³/mol. The first kappa shape index (κ1) is 23.0. The molecule has 0 atom stereocenters. The third-order valence-electron chi connectivity index (χ3n) is 5.56. The first-order chi connectivity index (χ1) is 17.2. The number of carbonyl (C=O) groups is 1. The van der Waals surface area contributed by atoms with E-state index in [9.17, 15) is 9.59 Å². The SMILES string of the molecule is O=C(Cc1sc(-c2ccccc2)nc1-c1cccs1)NCc1ccc(Cn2ccccc2=O)cc1. The van der Waals surface area contributed by atoms with Crippen LogP contribution >= 0.6 is 22.7 Å². The summed E-state index contributed by atoms with van der Waals surface area (Å²) in [5.41, 5.74) is 3.96. The number of hydrogen-bond donors (Lipinski definition) is 1. The Morgan fingerprint density at radius 1 is 0.886 bits per heavy atom. The number of benzene rings is 2. The maximum absolute atomic E-state index is 12.8. The van der Waals surface area contributed by atoms with Gasteiger partial charge in [0.2, 0.25) is 5.91 Å². The summed E-state index contributed by atoms with van der Waals surface area (Å²) in [5, 5.41) is 5.98. The van der Waals surface area contributed by atoms with E-state index in [1.165, 1.54) is 0 Å². The Bertz CT molecular complexity index is 1470. The van der Waals surface area contributed by atoms with Crippen molar-refractivity contribution >= 4 is 28.6 Å². The van der Waals surface area contributed by atoms with Crippen LogP contribution in [0.2, 0.25) is 0 Å². The molecule has 0 aliphatic carbocycles. The highest BCUT2D eigenvalue weighted by atomic mass is 32.1. The van der Waals surface area contributed by atoms with Gasteiger partial charge in [-0.05, 0) is 28.6 Å². The minimum atomic E-state index is -0.0361. The van der Waals surface area contributed by atoms with Crippen LogP contribution < -0.4 is 10.9 Å². The van der Waals surface area contributed by atoms with E-state index in [4.69, 9.17) is 4.98 Å². The number of thiazole rings is 1. The number of nitrogens with one attached hydrogen (secondary N) is 1. The second-order valence-electron chi connectivity index (χ2n) is 8.07. The molecule has 3 aromatic heterocycles. The number of aromatic nitrogens is 2. The first-order valence-electron chi connectivity index (χ1n) is 11.2. The van der Waals surface area contributed by atoms with E-state index in [1.807, 2.05) is 78.2 Å². The fourth-order valence-electron chi connectivity index (χ4n) is 3.74. The monoisotopic (exact) mass is 497 g/mol. The van der Waals surface area contributed by atoms with Gasteiger partial charge in [-0.3, -0.25) is 9.59 Å². The molecule has 5 aromatic rings. The number of nitrogens with zero attached hydrogens (tertiary/aromatic N) is 2. The van der Waals surface area contributed by atoms with E-state index in [-0.39, 0.29) is 17.9 Å². The highest BCUT2D eigenvalue weighted by Crippen LogP contribution is 2.36. The molecule has 5 rings (SSSR count). The lowest BCUT2D eigenvalue weighted by molar-refractivity contribution is -0.120. The molecule has 2 aromatic carbocycles. The zero-order valence-corrected chi connectivity index (χ0v) is 20.5. The standard InChI is InChI=1S/C28H23N3O2S2/c32-25(29-18-20-11-13-21(14-12-20)19-31-15-5-4-10-26(31)33)17-24-27(23-9-6-16-34-23)30-28(35-24)22-7-2-1-3-8-22/h1-16H,17-19H2,(H,29,32). The summed E-state index contributed by atoms with van der Waals surface area (Å²) in [7, 11) is 0. The van der Waals surface area contributed by atoms with Crippen LogP contribution in [0.1, 0.15) is 16.0 Å². The Kier molecular flexibility index (Phi) is 6.97. The van der Waals surface area contributed by atoms with E-state index >= 15 is 0 Å². The molecule has 5 nitrogen and oxygen atoms in total. The minimum absolute atomic E-state index is 0.0238. The third kappa shape index (κ3) is 5.65. The molecule has 0 saturated heterocycles. The second-order valence-corrected chi connectivity index (χ2v) is 10.1. The van der Waals surface area contributed by atoms with E-state index in [0.29, 0.717) is 13.1 Å². The summed E-state index contributed by atoms with van der Waals surface area (Å²) in [6.45, 7) is 0.968. The third-order valence-corrected chi connectivity index (χ3v) is 7.54. The summed E-state index contributed by atoms with van der Waals surface area (Å²) < 4.78 is 1.67. The fraction of sp³-hybridized carbons (Fsp3) is 0.107. The van der Waals surface area contributed by atoms with Crippen molar-refractivity contribution in [1.29, 1.82) is 0 Å². The molecule has 35 heavy (non-hydrogen) atoms. The quantitative estimate of drug-likeness (QED) is 0.303. The lowest BCUT2D eigenvalue weighted by Gasteiger charge is -2.08. The van der Waals surface area contributed by atoms with Crippen LogP contribution in [0, 0.1) is 0 Å². The summed E-state index contributed by atoms with van der Waals surface area (Å²) in [6.07, 6.45) is 2.07. The molecule has 1 N–H and O–H groups in total. The molecule has 0 spiro atoms. The molecule has 0 unspecified atom stereocenters. The molecule has 7 heteroatoms. The molecular formula is C28H23N3O2S2. The van der Waals surface area contributed by atoms with Gasteiger partial charge in [0.05, 0.1) is 23.5 Å². The van der Waals surface area contributed by atoms with E-state index in [0.717, 1.165) is 37.1 Å². The van der Waals surface area contributed by atoms with Crippen LogP contribution in [-0.4, -0.2) is 15.5 Å². The van der Waals surface area contributed by atoms with Gasteiger partial charge in [0, 0.05) is 29.2 Å². The van der Waals surface area contributed by atoms with Crippen molar-refractivity contribution in [2.75, 3.05) is 0 Å². The molecule has 0 aliphatic heterocycles. The molecule has 0 saturated carbocycles. The van der Waals surface area contributed by atoms with E-state index in [1.54, 1.807) is 45.6 Å². The van der Waals surface area contributed by atoms with Crippen molar-refractivity contribution in [3.8, 4) is 21.1 Å². The normalized spacial score (nSPS) is 10.9. The lowest BCUT2D eigenvalue weighted by atomic mass is 10.1. The highest BCUT2D eigenvalue weighted by Gasteiger charge is 2.17. The molecule has 0 aliphatic rings. The van der Waals surface area contributed by atoms with Gasteiger partial charge in [-0.1, -0.05) is 66.7 Å². The van der Waals surface area contributed by atoms with E-state index < -0.39 is 0 Å². The number of rotatable bonds is 8. The number of thiophene rings is 1. The van der Waals surface area contributed by atoms with Crippen LogP contribution in [0.3, 0.4) is 0 Å². The van der Waals surface area contributed by atoms with Crippen LogP contribution in [0.4, 0.5) is 0 Å². The molecule has 0 fully saturated rings. The number of amides is 1. The van der Waals surface area contributed by atoms with Gasteiger partial charge in [-0.15, -0.1) is 22.7 Å². The Hall–Kier alpha value is -3.81. The van der Waals surface area contributed by atoms with Crippen LogP contribution in [0.15, 0.2) is 101 Å². The zero-order valence-electron chi connectivity index (χ0n) is 18.9. The average Bonchev–Trinajstić information content (AvgIpc) is 3.56. The highest BCUT2D eigenvalue weighted by molar-refractivity contribution is 7.17. The largest absolute Gasteiger partial charge is 0.352 e. The molecule has 174 valence electrons. The summed E-state index contributed by atoms with van der Waals surface area (Å²) in [4.78, 5) is 31.6. The van der Waals surface area contributed by atoms with Crippen molar-refractivity contribution in [2.24, 2.45) is 0 Å². The Labute approximate surface area is 211 Å². The Morgan fingerprint density at radius 2 is 1.66 bits per heavy atom. The van der Waals surface area contributed by atoms with Gasteiger partial charge < -0.3 is 9.88 Å². The van der Waals surface area contributed by atoms with Crippen molar-refractivity contribution in [1.82, 2.24) is 14.9 Å². The van der Waals surface area contributed by atoms with E-state index in [2.05, 4.69) is 5.32 Å². The average molecular weight is 498 g/mol. The molecule has 3 heterocycles. The number of hydrogen-bond acceptors (Lipinski definition) is 5. The smallest absolute Gasteiger partial charge is 0.250 e. The fourth-order valence-corrected chi connectivity index (χ4v) is 5.63. The lowest BCUT2D eigenvalue weighted by Crippen LogP contribution is -2.24. The second kappa shape index (κ2) is 10.6.